The fourth-order valence-electron chi connectivity index (χ4n) is 1.47. The molecule has 1 aromatic rings. The van der Waals surface area contributed by atoms with Gasteiger partial charge in [0.1, 0.15) is 5.75 Å². The lowest BCUT2D eigenvalue weighted by Gasteiger charge is -2.12. The molecular formula is C13H19NO3. The van der Waals surface area contributed by atoms with Gasteiger partial charge in [0, 0.05) is 6.04 Å². The molecule has 0 aliphatic carbocycles. The number of hydrogen-bond donors (Lipinski definition) is 2. The van der Waals surface area contributed by atoms with Crippen molar-refractivity contribution in [1.29, 1.82) is 0 Å². The van der Waals surface area contributed by atoms with Gasteiger partial charge in [0.2, 0.25) is 0 Å². The summed E-state index contributed by atoms with van der Waals surface area (Å²) in [5.41, 5.74) is 2.17. The molecule has 0 aliphatic rings. The normalized spacial score (nSPS) is 12.0. The highest BCUT2D eigenvalue weighted by atomic mass is 16.5. The van der Waals surface area contributed by atoms with Crippen LogP contribution >= 0.6 is 0 Å². The Morgan fingerprint density at radius 2 is 2.18 bits per heavy atom. The first-order valence-electron chi connectivity index (χ1n) is 5.63. The Morgan fingerprint density at radius 1 is 1.47 bits per heavy atom. The summed E-state index contributed by atoms with van der Waals surface area (Å²) in [6.07, 6.45) is 0. The van der Waals surface area contributed by atoms with Gasteiger partial charge in [0.25, 0.3) is 5.91 Å². The molecule has 0 saturated carbocycles. The Bertz CT molecular complexity index is 390. The van der Waals surface area contributed by atoms with E-state index in [1.807, 2.05) is 32.0 Å². The van der Waals surface area contributed by atoms with Gasteiger partial charge in [0.05, 0.1) is 6.61 Å². The maximum Gasteiger partial charge on any atom is 0.258 e. The molecular weight excluding hydrogens is 218 g/mol. The molecule has 0 radical (unpaired) electrons. The van der Waals surface area contributed by atoms with Crippen molar-refractivity contribution in [2.45, 2.75) is 26.8 Å². The third-order valence-corrected chi connectivity index (χ3v) is 2.37. The van der Waals surface area contributed by atoms with Crippen molar-refractivity contribution < 1.29 is 14.6 Å². The van der Waals surface area contributed by atoms with E-state index in [0.717, 1.165) is 11.1 Å². The Kier molecular flexibility index (Phi) is 4.97. The van der Waals surface area contributed by atoms with Crippen LogP contribution in [0.3, 0.4) is 0 Å². The fourth-order valence-corrected chi connectivity index (χ4v) is 1.47. The zero-order chi connectivity index (χ0) is 12.8. The number of benzene rings is 1. The molecule has 4 heteroatoms. The van der Waals surface area contributed by atoms with Crippen LogP contribution in [0, 0.1) is 13.8 Å². The number of aryl methyl sites for hydroxylation is 2. The van der Waals surface area contributed by atoms with E-state index in [1.54, 1.807) is 6.92 Å². The van der Waals surface area contributed by atoms with Crippen molar-refractivity contribution in [2.75, 3.05) is 13.2 Å². The Morgan fingerprint density at radius 3 is 2.76 bits per heavy atom. The summed E-state index contributed by atoms with van der Waals surface area (Å²) in [5, 5.41) is 11.4. The number of hydrogen-bond acceptors (Lipinski definition) is 3. The standard InChI is InChI=1S/C13H19NO3/c1-9-4-5-12(10(2)6-9)17-8-13(16)14-11(3)7-15/h4-6,11,15H,7-8H2,1-3H3,(H,14,16)/t11-/m1/s1. The summed E-state index contributed by atoms with van der Waals surface area (Å²) in [6, 6.07) is 5.55. The Labute approximate surface area is 102 Å². The number of amides is 1. The minimum atomic E-state index is -0.245. The van der Waals surface area contributed by atoms with Crippen molar-refractivity contribution in [1.82, 2.24) is 5.32 Å². The second-order valence-corrected chi connectivity index (χ2v) is 4.21. The molecule has 1 atom stereocenters. The zero-order valence-electron chi connectivity index (χ0n) is 10.5. The first-order valence-corrected chi connectivity index (χ1v) is 5.63. The monoisotopic (exact) mass is 237 g/mol. The quantitative estimate of drug-likeness (QED) is 0.808. The van der Waals surface area contributed by atoms with Crippen LogP contribution in [0.4, 0.5) is 0 Å². The van der Waals surface area contributed by atoms with Crippen molar-refractivity contribution in [3.63, 3.8) is 0 Å². The van der Waals surface area contributed by atoms with Crippen LogP contribution in [0.5, 0.6) is 5.75 Å². The number of carbonyl (C=O) groups is 1. The number of aliphatic hydroxyl groups is 1. The van der Waals surface area contributed by atoms with Gasteiger partial charge in [-0.05, 0) is 32.4 Å². The molecule has 94 valence electrons. The van der Waals surface area contributed by atoms with Gasteiger partial charge in [-0.2, -0.15) is 0 Å². The highest BCUT2D eigenvalue weighted by Gasteiger charge is 2.07. The van der Waals surface area contributed by atoms with E-state index < -0.39 is 0 Å². The van der Waals surface area contributed by atoms with Crippen LogP contribution in [0.1, 0.15) is 18.1 Å². The molecule has 2 N–H and O–H groups in total. The molecule has 1 rings (SSSR count). The van der Waals surface area contributed by atoms with Crippen LogP contribution in [0.25, 0.3) is 0 Å². The number of rotatable bonds is 5. The minimum Gasteiger partial charge on any atom is -0.484 e. The van der Waals surface area contributed by atoms with E-state index in [0.29, 0.717) is 5.75 Å². The van der Waals surface area contributed by atoms with E-state index in [-0.39, 0.29) is 25.2 Å². The highest BCUT2D eigenvalue weighted by molar-refractivity contribution is 5.77. The number of ether oxygens (including phenoxy) is 1. The average Bonchev–Trinajstić information content (AvgIpc) is 2.27. The van der Waals surface area contributed by atoms with Gasteiger partial charge in [-0.3, -0.25) is 4.79 Å². The average molecular weight is 237 g/mol. The molecule has 0 bridgehead atoms. The third kappa shape index (κ3) is 4.44. The molecule has 0 saturated heterocycles. The maximum atomic E-state index is 11.4. The molecule has 0 spiro atoms. The molecule has 0 unspecified atom stereocenters. The Hall–Kier alpha value is -1.55. The van der Waals surface area contributed by atoms with Gasteiger partial charge < -0.3 is 15.2 Å². The first kappa shape index (κ1) is 13.5. The maximum absolute atomic E-state index is 11.4. The van der Waals surface area contributed by atoms with Gasteiger partial charge >= 0.3 is 0 Å². The van der Waals surface area contributed by atoms with E-state index in [9.17, 15) is 4.79 Å². The van der Waals surface area contributed by atoms with Crippen LogP contribution in [0.15, 0.2) is 18.2 Å². The smallest absolute Gasteiger partial charge is 0.258 e. The number of aliphatic hydroxyl groups excluding tert-OH is 1. The molecule has 4 nitrogen and oxygen atoms in total. The highest BCUT2D eigenvalue weighted by Crippen LogP contribution is 2.18. The van der Waals surface area contributed by atoms with Gasteiger partial charge in [-0.15, -0.1) is 0 Å². The van der Waals surface area contributed by atoms with Crippen LogP contribution in [-0.4, -0.2) is 30.3 Å². The van der Waals surface area contributed by atoms with Crippen molar-refractivity contribution in [3.8, 4) is 5.75 Å². The Balaban J connectivity index is 2.47. The summed E-state index contributed by atoms with van der Waals surface area (Å²) in [6.45, 7) is 5.57. The molecule has 1 aromatic carbocycles. The largest absolute Gasteiger partial charge is 0.484 e. The summed E-state index contributed by atoms with van der Waals surface area (Å²) in [4.78, 5) is 11.4. The molecule has 0 heterocycles. The topological polar surface area (TPSA) is 58.6 Å². The molecule has 0 aliphatic heterocycles. The van der Waals surface area contributed by atoms with E-state index in [2.05, 4.69) is 5.32 Å². The SMILES string of the molecule is Cc1ccc(OCC(=O)N[C@H](C)CO)c(C)c1. The number of nitrogens with one attached hydrogen (secondary N) is 1. The molecule has 1 amide bonds. The molecule has 0 fully saturated rings. The first-order chi connectivity index (χ1) is 8.02. The van der Waals surface area contributed by atoms with Gasteiger partial charge in [-0.25, -0.2) is 0 Å². The van der Waals surface area contributed by atoms with Gasteiger partial charge in [-0.1, -0.05) is 17.7 Å². The summed E-state index contributed by atoms with van der Waals surface area (Å²) in [5.74, 6) is 0.480. The fraction of sp³-hybridized carbons (Fsp3) is 0.462. The summed E-state index contributed by atoms with van der Waals surface area (Å²) in [7, 11) is 0. The van der Waals surface area contributed by atoms with Crippen molar-refractivity contribution >= 4 is 5.91 Å². The molecule has 0 aromatic heterocycles. The second-order valence-electron chi connectivity index (χ2n) is 4.21. The molecule has 17 heavy (non-hydrogen) atoms. The minimum absolute atomic E-state index is 0.0335. The van der Waals surface area contributed by atoms with E-state index >= 15 is 0 Å². The predicted molar refractivity (Wildman–Crippen MR) is 66.1 cm³/mol. The van der Waals surface area contributed by atoms with Gasteiger partial charge in [0.15, 0.2) is 6.61 Å². The lowest BCUT2D eigenvalue weighted by atomic mass is 10.1. The third-order valence-electron chi connectivity index (χ3n) is 2.37. The van der Waals surface area contributed by atoms with Crippen molar-refractivity contribution in [2.24, 2.45) is 0 Å². The van der Waals surface area contributed by atoms with E-state index in [1.165, 1.54) is 0 Å². The zero-order valence-corrected chi connectivity index (χ0v) is 10.5. The lowest BCUT2D eigenvalue weighted by molar-refractivity contribution is -0.124. The predicted octanol–water partition coefficient (Wildman–Crippen LogP) is 1.18. The van der Waals surface area contributed by atoms with Crippen LogP contribution in [-0.2, 0) is 4.79 Å². The van der Waals surface area contributed by atoms with E-state index in [4.69, 9.17) is 9.84 Å². The van der Waals surface area contributed by atoms with Crippen LogP contribution in [0.2, 0.25) is 0 Å². The summed E-state index contributed by atoms with van der Waals surface area (Å²) < 4.78 is 5.41. The van der Waals surface area contributed by atoms with Crippen LogP contribution < -0.4 is 10.1 Å². The summed E-state index contributed by atoms with van der Waals surface area (Å²) >= 11 is 0. The van der Waals surface area contributed by atoms with Crippen molar-refractivity contribution in [3.05, 3.63) is 29.3 Å². The second kappa shape index (κ2) is 6.25. The number of carbonyl (C=O) groups excluding carboxylic acids is 1. The lowest BCUT2D eigenvalue weighted by Crippen LogP contribution is -2.38.